The molecule has 1 rings (SSSR count). The lowest BCUT2D eigenvalue weighted by molar-refractivity contribution is -0.116. The molecule has 0 aliphatic carbocycles. The van der Waals surface area contributed by atoms with Gasteiger partial charge >= 0.3 is 0 Å². The maximum absolute atomic E-state index is 12.2. The third kappa shape index (κ3) is 9.77. The van der Waals surface area contributed by atoms with Crippen molar-refractivity contribution in [2.75, 3.05) is 31.6 Å². The fourth-order valence-electron chi connectivity index (χ4n) is 2.72. The zero-order valence-electron chi connectivity index (χ0n) is 16.6. The highest BCUT2D eigenvalue weighted by Crippen LogP contribution is 2.20. The molecule has 152 valence electrons. The van der Waals surface area contributed by atoms with Gasteiger partial charge in [-0.25, -0.2) is 0 Å². The van der Waals surface area contributed by atoms with E-state index < -0.39 is 0 Å². The first-order valence-electron chi connectivity index (χ1n) is 9.69. The Labute approximate surface area is 171 Å². The summed E-state index contributed by atoms with van der Waals surface area (Å²) in [4.78, 5) is 16.8. The Kier molecular flexibility index (Phi) is 11.8. The van der Waals surface area contributed by atoms with E-state index in [1.165, 1.54) is 0 Å². The van der Waals surface area contributed by atoms with Crippen molar-refractivity contribution in [3.63, 3.8) is 0 Å². The third-order valence-electron chi connectivity index (χ3n) is 4.20. The van der Waals surface area contributed by atoms with Crippen LogP contribution in [0.1, 0.15) is 45.1 Å². The molecule has 1 amide bonds. The van der Waals surface area contributed by atoms with Gasteiger partial charge in [-0.2, -0.15) is 0 Å². The van der Waals surface area contributed by atoms with Crippen molar-refractivity contribution >= 4 is 33.5 Å². The third-order valence-corrected chi connectivity index (χ3v) is 4.70. The number of halogens is 1. The largest absolute Gasteiger partial charge is 0.396 e. The number of rotatable bonds is 11. The molecule has 27 heavy (non-hydrogen) atoms. The number of guanidine groups is 1. The minimum Gasteiger partial charge on any atom is -0.396 e. The summed E-state index contributed by atoms with van der Waals surface area (Å²) in [5.74, 6) is 1.06. The number of hydrogen-bond acceptors (Lipinski definition) is 3. The molecule has 0 spiro atoms. The number of nitrogens with zero attached hydrogens (tertiary/aromatic N) is 1. The lowest BCUT2D eigenvalue weighted by Gasteiger charge is -2.15. The van der Waals surface area contributed by atoms with Crippen LogP contribution in [0.4, 0.5) is 5.69 Å². The fourth-order valence-corrected chi connectivity index (χ4v) is 3.08. The highest BCUT2D eigenvalue weighted by atomic mass is 79.9. The Morgan fingerprint density at radius 1 is 1.26 bits per heavy atom. The molecule has 0 heterocycles. The first kappa shape index (κ1) is 23.4. The predicted octanol–water partition coefficient (Wildman–Crippen LogP) is 3.44. The molecule has 0 saturated heterocycles. The number of aryl methyl sites for hydroxylation is 1. The van der Waals surface area contributed by atoms with Gasteiger partial charge in [0.15, 0.2) is 5.96 Å². The van der Waals surface area contributed by atoms with E-state index >= 15 is 0 Å². The van der Waals surface area contributed by atoms with E-state index in [1.807, 2.05) is 32.0 Å². The fraction of sp³-hybridized carbons (Fsp3) is 0.600. The van der Waals surface area contributed by atoms with Crippen LogP contribution in [0.3, 0.4) is 0 Å². The highest BCUT2D eigenvalue weighted by Gasteiger charge is 2.09. The number of aliphatic imine (C=N–C) groups is 1. The van der Waals surface area contributed by atoms with Crippen LogP contribution in [-0.4, -0.2) is 43.2 Å². The normalized spacial score (nSPS) is 12.6. The molecule has 1 unspecified atom stereocenters. The minimum absolute atomic E-state index is 0.0383. The number of benzene rings is 1. The molecule has 0 saturated carbocycles. The van der Waals surface area contributed by atoms with Crippen molar-refractivity contribution in [3.05, 3.63) is 28.2 Å². The molecule has 0 radical (unpaired) electrons. The summed E-state index contributed by atoms with van der Waals surface area (Å²) in [5, 5.41) is 18.5. The van der Waals surface area contributed by atoms with Gasteiger partial charge < -0.3 is 21.1 Å². The van der Waals surface area contributed by atoms with Crippen molar-refractivity contribution in [1.82, 2.24) is 10.6 Å². The van der Waals surface area contributed by atoms with Gasteiger partial charge in [0.25, 0.3) is 0 Å². The van der Waals surface area contributed by atoms with Crippen LogP contribution in [0.25, 0.3) is 0 Å². The maximum Gasteiger partial charge on any atom is 0.226 e. The molecule has 1 aromatic carbocycles. The van der Waals surface area contributed by atoms with Crippen molar-refractivity contribution in [3.8, 4) is 0 Å². The summed E-state index contributed by atoms with van der Waals surface area (Å²) in [6.07, 6.45) is 3.26. The number of carbonyl (C=O) groups excluding carboxylic acids is 1. The van der Waals surface area contributed by atoms with Gasteiger partial charge in [-0.1, -0.05) is 35.3 Å². The Morgan fingerprint density at radius 2 is 2.04 bits per heavy atom. The standard InChI is InChI=1S/C20H33BrN4O2/c1-4-6-16(10-12-26)14-24-20(22-5-2)23-11-9-19(27)25-18-13-17(21)8-7-15(18)3/h7-8,13,16,26H,4-6,9-12,14H2,1-3H3,(H,25,27)(H2,22,23,24). The summed E-state index contributed by atoms with van der Waals surface area (Å²) in [6, 6.07) is 5.82. The van der Waals surface area contributed by atoms with Gasteiger partial charge in [-0.3, -0.25) is 9.79 Å². The van der Waals surface area contributed by atoms with E-state index in [0.29, 0.717) is 31.4 Å². The topological polar surface area (TPSA) is 85.8 Å². The Morgan fingerprint density at radius 3 is 2.70 bits per heavy atom. The Hall–Kier alpha value is -1.60. The lowest BCUT2D eigenvalue weighted by atomic mass is 10.0. The quantitative estimate of drug-likeness (QED) is 0.313. The molecule has 0 aromatic heterocycles. The molecule has 1 atom stereocenters. The number of anilines is 1. The minimum atomic E-state index is -0.0383. The van der Waals surface area contributed by atoms with Crippen LogP contribution in [-0.2, 0) is 4.79 Å². The monoisotopic (exact) mass is 440 g/mol. The number of aliphatic hydroxyl groups excluding tert-OH is 1. The van der Waals surface area contributed by atoms with E-state index in [2.05, 4.69) is 43.8 Å². The second-order valence-corrected chi connectivity index (χ2v) is 7.49. The smallest absolute Gasteiger partial charge is 0.226 e. The van der Waals surface area contributed by atoms with Crippen LogP contribution in [0.15, 0.2) is 27.7 Å². The number of carbonyl (C=O) groups is 1. The first-order chi connectivity index (χ1) is 13.0. The van der Waals surface area contributed by atoms with Crippen molar-refractivity contribution in [2.45, 2.75) is 46.5 Å². The van der Waals surface area contributed by atoms with Gasteiger partial charge in [0.2, 0.25) is 5.91 Å². The number of nitrogens with one attached hydrogen (secondary N) is 3. The average Bonchev–Trinajstić information content (AvgIpc) is 2.63. The second kappa shape index (κ2) is 13.6. The molecule has 6 nitrogen and oxygen atoms in total. The van der Waals surface area contributed by atoms with E-state index in [4.69, 9.17) is 5.11 Å². The van der Waals surface area contributed by atoms with Gasteiger partial charge in [-0.05, 0) is 50.3 Å². The second-order valence-electron chi connectivity index (χ2n) is 6.57. The lowest BCUT2D eigenvalue weighted by Crippen LogP contribution is -2.39. The molecule has 0 aliphatic heterocycles. The van der Waals surface area contributed by atoms with Gasteiger partial charge in [0.05, 0.1) is 0 Å². The van der Waals surface area contributed by atoms with Crippen molar-refractivity contribution in [1.29, 1.82) is 0 Å². The summed E-state index contributed by atoms with van der Waals surface area (Å²) < 4.78 is 0.938. The molecule has 1 aromatic rings. The van der Waals surface area contributed by atoms with E-state index in [0.717, 1.165) is 41.5 Å². The molecule has 7 heteroatoms. The van der Waals surface area contributed by atoms with Crippen LogP contribution in [0, 0.1) is 12.8 Å². The Balaban J connectivity index is 2.50. The Bertz CT molecular complexity index is 602. The SMILES string of the molecule is CCCC(CCO)CN=C(NCC)NCCC(=O)Nc1cc(Br)ccc1C. The zero-order valence-corrected chi connectivity index (χ0v) is 18.2. The van der Waals surface area contributed by atoms with Crippen LogP contribution < -0.4 is 16.0 Å². The van der Waals surface area contributed by atoms with E-state index in [1.54, 1.807) is 0 Å². The van der Waals surface area contributed by atoms with Crippen molar-refractivity contribution < 1.29 is 9.90 Å². The molecular weight excluding hydrogens is 408 g/mol. The summed E-state index contributed by atoms with van der Waals surface area (Å²) in [6.45, 7) is 8.25. The van der Waals surface area contributed by atoms with Crippen LogP contribution >= 0.6 is 15.9 Å². The van der Waals surface area contributed by atoms with Crippen molar-refractivity contribution in [2.24, 2.45) is 10.9 Å². The molecular formula is C20H33BrN4O2. The molecule has 0 bridgehead atoms. The number of aliphatic hydroxyl groups is 1. The van der Waals surface area contributed by atoms with Gasteiger partial charge in [0, 0.05) is 42.8 Å². The molecule has 0 fully saturated rings. The van der Waals surface area contributed by atoms with Gasteiger partial charge in [0.1, 0.15) is 0 Å². The average molecular weight is 441 g/mol. The highest BCUT2D eigenvalue weighted by molar-refractivity contribution is 9.10. The molecule has 4 N–H and O–H groups in total. The summed E-state index contributed by atoms with van der Waals surface area (Å²) >= 11 is 3.42. The van der Waals surface area contributed by atoms with E-state index in [-0.39, 0.29) is 12.5 Å². The first-order valence-corrected chi connectivity index (χ1v) is 10.5. The summed E-state index contributed by atoms with van der Waals surface area (Å²) in [5.41, 5.74) is 1.85. The number of amides is 1. The predicted molar refractivity (Wildman–Crippen MR) is 116 cm³/mol. The van der Waals surface area contributed by atoms with Gasteiger partial charge in [-0.15, -0.1) is 0 Å². The zero-order chi connectivity index (χ0) is 20.1. The van der Waals surface area contributed by atoms with E-state index in [9.17, 15) is 4.79 Å². The van der Waals surface area contributed by atoms with Crippen LogP contribution in [0.2, 0.25) is 0 Å². The molecule has 0 aliphatic rings. The van der Waals surface area contributed by atoms with Crippen LogP contribution in [0.5, 0.6) is 0 Å². The number of hydrogen-bond donors (Lipinski definition) is 4. The maximum atomic E-state index is 12.2. The summed E-state index contributed by atoms with van der Waals surface area (Å²) in [7, 11) is 0.